The first-order valence-corrected chi connectivity index (χ1v) is 9.15. The van der Waals surface area contributed by atoms with Crippen LogP contribution in [0.3, 0.4) is 0 Å². The highest BCUT2D eigenvalue weighted by atomic mass is 32.2. The maximum absolute atomic E-state index is 12.5. The molecule has 8 heteroatoms. The van der Waals surface area contributed by atoms with E-state index in [1.165, 1.54) is 12.0 Å². The van der Waals surface area contributed by atoms with Gasteiger partial charge in [-0.15, -0.1) is 0 Å². The van der Waals surface area contributed by atoms with Gasteiger partial charge in [-0.25, -0.2) is 18.0 Å². The number of hydrogen-bond acceptors (Lipinski definition) is 5. The number of anilines is 1. The molecule has 0 spiro atoms. The molecule has 0 saturated carbocycles. The van der Waals surface area contributed by atoms with Gasteiger partial charge in [0.1, 0.15) is 0 Å². The quantitative estimate of drug-likeness (QED) is 0.839. The van der Waals surface area contributed by atoms with E-state index in [4.69, 9.17) is 0 Å². The van der Waals surface area contributed by atoms with Gasteiger partial charge in [0.25, 0.3) is 0 Å². The maximum Gasteiger partial charge on any atom is 0.339 e. The number of benzene rings is 1. The Morgan fingerprint density at radius 1 is 1.35 bits per heavy atom. The van der Waals surface area contributed by atoms with Gasteiger partial charge in [-0.2, -0.15) is 0 Å². The van der Waals surface area contributed by atoms with Crippen molar-refractivity contribution < 1.29 is 22.7 Å². The van der Waals surface area contributed by atoms with Crippen molar-refractivity contribution in [2.45, 2.75) is 19.4 Å². The molecular weight excluding hydrogens is 320 g/mol. The molecule has 1 heterocycles. The normalized spacial score (nSPS) is 19.1. The molecule has 0 radical (unpaired) electrons. The van der Waals surface area contributed by atoms with Crippen LogP contribution in [0.5, 0.6) is 0 Å². The van der Waals surface area contributed by atoms with Crippen molar-refractivity contribution in [3.8, 4) is 0 Å². The Morgan fingerprint density at radius 2 is 2.04 bits per heavy atom. The van der Waals surface area contributed by atoms with Gasteiger partial charge in [-0.3, -0.25) is 0 Å². The Kier molecular flexibility index (Phi) is 5.25. The molecule has 1 fully saturated rings. The minimum Gasteiger partial charge on any atom is -0.465 e. The lowest BCUT2D eigenvalue weighted by Gasteiger charge is -2.27. The van der Waals surface area contributed by atoms with Gasteiger partial charge >= 0.3 is 12.0 Å². The van der Waals surface area contributed by atoms with Gasteiger partial charge in [-0.1, -0.05) is 12.1 Å². The van der Waals surface area contributed by atoms with Crippen molar-refractivity contribution in [2.75, 3.05) is 30.5 Å². The van der Waals surface area contributed by atoms with Crippen LogP contribution in [0.1, 0.15) is 23.7 Å². The molecule has 1 aliphatic rings. The van der Waals surface area contributed by atoms with E-state index < -0.39 is 21.8 Å². The number of methoxy groups -OCH3 is 1. The summed E-state index contributed by atoms with van der Waals surface area (Å²) in [7, 11) is -1.81. The Balaban J connectivity index is 2.16. The average molecular weight is 340 g/mol. The average Bonchev–Trinajstić information content (AvgIpc) is 2.87. The molecule has 1 aromatic rings. The number of urea groups is 1. The highest BCUT2D eigenvalue weighted by molar-refractivity contribution is 7.91. The third-order valence-corrected chi connectivity index (χ3v) is 5.58. The summed E-state index contributed by atoms with van der Waals surface area (Å²) in [5.74, 6) is -0.472. The van der Waals surface area contributed by atoms with Gasteiger partial charge in [0.05, 0.1) is 29.9 Å². The van der Waals surface area contributed by atoms with E-state index in [0.29, 0.717) is 18.7 Å². The zero-order chi connectivity index (χ0) is 17.0. The number of carbonyl (C=O) groups is 2. The van der Waals surface area contributed by atoms with Gasteiger partial charge in [-0.05, 0) is 25.5 Å². The summed E-state index contributed by atoms with van der Waals surface area (Å²) in [6.07, 6.45) is 0.433. The third kappa shape index (κ3) is 4.01. The fourth-order valence-corrected chi connectivity index (χ4v) is 4.39. The molecule has 1 aliphatic heterocycles. The zero-order valence-corrected chi connectivity index (χ0v) is 13.9. The molecule has 1 N–H and O–H groups in total. The van der Waals surface area contributed by atoms with Crippen LogP contribution >= 0.6 is 0 Å². The van der Waals surface area contributed by atoms with Crippen LogP contribution in [-0.4, -0.2) is 56.5 Å². The topological polar surface area (TPSA) is 92.8 Å². The summed E-state index contributed by atoms with van der Waals surface area (Å²) in [5, 5.41) is 2.67. The number of nitrogens with zero attached hydrogens (tertiary/aromatic N) is 1. The van der Waals surface area contributed by atoms with Gasteiger partial charge in [0.15, 0.2) is 9.84 Å². The van der Waals surface area contributed by atoms with E-state index in [0.717, 1.165) is 0 Å². The molecule has 7 nitrogen and oxygen atoms in total. The number of ether oxygens (including phenoxy) is 1. The summed E-state index contributed by atoms with van der Waals surface area (Å²) < 4.78 is 27.9. The standard InChI is InChI=1S/C15H20N2O5S/c1-3-17(11-8-9-23(20,21)10-11)15(19)16-13-7-5-4-6-12(13)14(18)22-2/h4-7,11H,3,8-10H2,1-2H3,(H,16,19). The first kappa shape index (κ1) is 17.3. The molecular formula is C15H20N2O5S. The molecule has 126 valence electrons. The van der Waals surface area contributed by atoms with Crippen LogP contribution in [0.4, 0.5) is 10.5 Å². The number of nitrogens with one attached hydrogen (secondary N) is 1. The summed E-state index contributed by atoms with van der Waals surface area (Å²) in [6, 6.07) is 5.75. The predicted molar refractivity (Wildman–Crippen MR) is 86.2 cm³/mol. The Labute approximate surface area is 135 Å². The molecule has 1 aromatic carbocycles. The molecule has 1 atom stereocenters. The smallest absolute Gasteiger partial charge is 0.339 e. The number of rotatable bonds is 4. The Bertz CT molecular complexity index is 702. The predicted octanol–water partition coefficient (Wildman–Crippen LogP) is 1.51. The fraction of sp³-hybridized carbons (Fsp3) is 0.467. The summed E-state index contributed by atoms with van der Waals surface area (Å²) in [6.45, 7) is 2.17. The van der Waals surface area contributed by atoms with Crippen molar-refractivity contribution in [3.63, 3.8) is 0 Å². The molecule has 0 bridgehead atoms. The number of esters is 1. The molecule has 2 rings (SSSR count). The van der Waals surface area contributed by atoms with E-state index in [-0.39, 0.29) is 23.1 Å². The highest BCUT2D eigenvalue weighted by Gasteiger charge is 2.34. The number of amides is 2. The van der Waals surface area contributed by atoms with Crippen LogP contribution in [0.25, 0.3) is 0 Å². The Hall–Kier alpha value is -2.09. The maximum atomic E-state index is 12.5. The fourth-order valence-electron chi connectivity index (χ4n) is 2.66. The lowest BCUT2D eigenvalue weighted by molar-refractivity contribution is 0.0602. The van der Waals surface area contributed by atoms with Crippen LogP contribution in [-0.2, 0) is 14.6 Å². The monoisotopic (exact) mass is 340 g/mol. The molecule has 0 aliphatic carbocycles. The van der Waals surface area contributed by atoms with E-state index in [1.54, 1.807) is 31.2 Å². The minimum absolute atomic E-state index is 0.0209. The van der Waals surface area contributed by atoms with E-state index in [1.807, 2.05) is 0 Å². The second kappa shape index (κ2) is 6.99. The van der Waals surface area contributed by atoms with Crippen LogP contribution in [0, 0.1) is 0 Å². The summed E-state index contributed by atoms with van der Waals surface area (Å²) in [4.78, 5) is 25.7. The largest absolute Gasteiger partial charge is 0.465 e. The molecule has 0 aromatic heterocycles. The highest BCUT2D eigenvalue weighted by Crippen LogP contribution is 2.21. The van der Waals surface area contributed by atoms with Crippen molar-refractivity contribution >= 4 is 27.5 Å². The second-order valence-corrected chi connectivity index (χ2v) is 7.54. The molecule has 1 unspecified atom stereocenters. The lowest BCUT2D eigenvalue weighted by atomic mass is 10.2. The van der Waals surface area contributed by atoms with Crippen molar-refractivity contribution in [1.29, 1.82) is 0 Å². The van der Waals surface area contributed by atoms with E-state index in [2.05, 4.69) is 10.1 Å². The number of para-hydroxylation sites is 1. The molecule has 1 saturated heterocycles. The number of sulfone groups is 1. The summed E-state index contributed by atoms with van der Waals surface area (Å²) >= 11 is 0. The first-order chi connectivity index (χ1) is 10.9. The lowest BCUT2D eigenvalue weighted by Crippen LogP contribution is -2.43. The van der Waals surface area contributed by atoms with Gasteiger partial charge < -0.3 is 15.0 Å². The minimum atomic E-state index is -3.08. The van der Waals surface area contributed by atoms with Gasteiger partial charge in [0, 0.05) is 12.6 Å². The van der Waals surface area contributed by atoms with Crippen molar-refractivity contribution in [1.82, 2.24) is 4.90 Å². The second-order valence-electron chi connectivity index (χ2n) is 5.31. The van der Waals surface area contributed by atoms with E-state index >= 15 is 0 Å². The van der Waals surface area contributed by atoms with Crippen molar-refractivity contribution in [2.24, 2.45) is 0 Å². The number of hydrogen-bond donors (Lipinski definition) is 1. The Morgan fingerprint density at radius 3 is 2.61 bits per heavy atom. The zero-order valence-electron chi connectivity index (χ0n) is 13.1. The summed E-state index contributed by atoms with van der Waals surface area (Å²) in [5.41, 5.74) is 0.585. The van der Waals surface area contributed by atoms with Gasteiger partial charge in [0.2, 0.25) is 0 Å². The SMILES string of the molecule is CCN(C(=O)Nc1ccccc1C(=O)OC)C1CCS(=O)(=O)C1. The number of carbonyl (C=O) groups excluding carboxylic acids is 2. The third-order valence-electron chi connectivity index (χ3n) is 3.82. The van der Waals surface area contributed by atoms with Crippen LogP contribution < -0.4 is 5.32 Å². The molecule has 2 amide bonds. The first-order valence-electron chi connectivity index (χ1n) is 7.33. The molecule has 23 heavy (non-hydrogen) atoms. The van der Waals surface area contributed by atoms with Crippen molar-refractivity contribution in [3.05, 3.63) is 29.8 Å². The van der Waals surface area contributed by atoms with Crippen LogP contribution in [0.2, 0.25) is 0 Å². The van der Waals surface area contributed by atoms with Crippen LogP contribution in [0.15, 0.2) is 24.3 Å². The van der Waals surface area contributed by atoms with E-state index in [9.17, 15) is 18.0 Å².